The third-order valence-electron chi connectivity index (χ3n) is 13.3. The first kappa shape index (κ1) is 37.4. The average molecular weight is 724 g/mol. The van der Waals surface area contributed by atoms with Crippen LogP contribution in [-0.4, -0.2) is 65.7 Å². The van der Waals surface area contributed by atoms with Crippen LogP contribution in [0.2, 0.25) is 0 Å². The summed E-state index contributed by atoms with van der Waals surface area (Å²) in [4.78, 5) is 36.5. The maximum absolute atomic E-state index is 5.05. The molecule has 0 fully saturated rings. The Labute approximate surface area is 322 Å². The molecule has 9 nitrogen and oxygen atoms in total. The molecule has 0 bridgehead atoms. The van der Waals surface area contributed by atoms with Gasteiger partial charge < -0.3 is 14.7 Å². The molecule has 0 amide bonds. The zero-order chi connectivity index (χ0) is 39.4. The molecule has 0 atom stereocenters. The first-order valence-electron chi connectivity index (χ1n) is 19.1. The smallest absolute Gasteiger partial charge is 0.102 e. The predicted molar refractivity (Wildman–Crippen MR) is 227 cm³/mol. The summed E-state index contributed by atoms with van der Waals surface area (Å²) in [6, 6.07) is 13.5. The zero-order valence-corrected chi connectivity index (χ0v) is 35.0. The predicted octanol–water partition coefficient (Wildman–Crippen LogP) is 10.3. The number of rotatable bonds is 6. The Bertz CT molecular complexity index is 1990. The number of aromatic nitrogens is 3. The van der Waals surface area contributed by atoms with E-state index < -0.39 is 0 Å². The fourth-order valence-electron chi connectivity index (χ4n) is 8.59. The van der Waals surface area contributed by atoms with Crippen LogP contribution in [0.5, 0.6) is 0 Å². The number of nitrogens with zero attached hydrogens (tertiary/aromatic N) is 9. The molecule has 0 aliphatic carbocycles. The van der Waals surface area contributed by atoms with Gasteiger partial charge in [-0.25, -0.2) is 0 Å². The lowest BCUT2D eigenvalue weighted by Gasteiger charge is -2.41. The molecule has 3 aliphatic heterocycles. The Hall–Kier alpha value is -4.92. The summed E-state index contributed by atoms with van der Waals surface area (Å²) < 4.78 is 0. The van der Waals surface area contributed by atoms with Gasteiger partial charge in [-0.1, -0.05) is 0 Å². The van der Waals surface area contributed by atoms with E-state index in [2.05, 4.69) is 155 Å². The number of aliphatic imine (C=N–C) groups is 3. The third-order valence-corrected chi connectivity index (χ3v) is 13.3. The molecule has 282 valence electrons. The van der Waals surface area contributed by atoms with Crippen LogP contribution in [0.1, 0.15) is 104 Å². The van der Waals surface area contributed by atoms with E-state index in [9.17, 15) is 0 Å². The van der Waals surface area contributed by atoms with E-state index in [-0.39, 0.29) is 33.2 Å². The molecule has 0 radical (unpaired) electrons. The summed E-state index contributed by atoms with van der Waals surface area (Å²) in [5.41, 5.74) is 7.83. The Kier molecular flexibility index (Phi) is 8.34. The maximum atomic E-state index is 5.05. The SMILES string of the molecule is CC1=NC(C)(C)C(C)(C)N1c1cncc(-c2cc(-c3cncc(N4C(C)=NC(C)(C)C4(C)C)c3)cc(-c3cncc(N4C(C)=NC(C)(C)C4(C)C)c3)c2)c1. The standard InChI is InChI=1S/C45H57N9/c1-28-49-40(4,5)43(10,11)52(28)37-19-34(22-46-25-37)31-16-32(35-20-38(26-47-23-35)53-29(2)50-41(6,7)44(53,12)13)18-33(17-31)36-21-39(27-48-24-36)54-30(3)51-42(8,9)45(54,14)15/h16-27H,1-15H3. The normalized spacial score (nSPS) is 21.6. The lowest BCUT2D eigenvalue weighted by Crippen LogP contribution is -2.53. The number of amidine groups is 3. The van der Waals surface area contributed by atoms with Gasteiger partial charge in [0.1, 0.15) is 17.5 Å². The molecule has 9 heteroatoms. The summed E-state index contributed by atoms with van der Waals surface area (Å²) in [5, 5.41) is 0. The van der Waals surface area contributed by atoms with Crippen LogP contribution < -0.4 is 14.7 Å². The lowest BCUT2D eigenvalue weighted by atomic mass is 9.83. The van der Waals surface area contributed by atoms with Crippen molar-refractivity contribution in [3.05, 3.63) is 73.6 Å². The van der Waals surface area contributed by atoms with Gasteiger partial charge in [-0.15, -0.1) is 0 Å². The largest absolute Gasteiger partial charge is 0.321 e. The van der Waals surface area contributed by atoms with Crippen molar-refractivity contribution < 1.29 is 0 Å². The molecule has 0 N–H and O–H groups in total. The van der Waals surface area contributed by atoms with E-state index >= 15 is 0 Å². The summed E-state index contributed by atoms with van der Waals surface area (Å²) in [6.45, 7) is 33.0. The van der Waals surface area contributed by atoms with Crippen molar-refractivity contribution >= 4 is 34.6 Å². The Morgan fingerprint density at radius 3 is 0.778 bits per heavy atom. The molecule has 0 unspecified atom stereocenters. The first-order valence-corrected chi connectivity index (χ1v) is 19.1. The molecule has 4 aromatic rings. The molecule has 54 heavy (non-hydrogen) atoms. The number of pyridine rings is 3. The van der Waals surface area contributed by atoms with Crippen molar-refractivity contribution in [3.8, 4) is 33.4 Å². The maximum Gasteiger partial charge on any atom is 0.102 e. The number of benzene rings is 1. The molecular formula is C45H57N9. The van der Waals surface area contributed by atoms with E-state index in [1.807, 2.05) is 37.2 Å². The van der Waals surface area contributed by atoms with E-state index in [4.69, 9.17) is 29.9 Å². The minimum absolute atomic E-state index is 0.235. The van der Waals surface area contributed by atoms with Crippen molar-refractivity contribution in [2.45, 2.75) is 137 Å². The summed E-state index contributed by atoms with van der Waals surface area (Å²) in [5.74, 6) is 2.97. The average Bonchev–Trinajstić information content (AvgIpc) is 3.44. The number of hydrogen-bond donors (Lipinski definition) is 0. The molecule has 1 aromatic carbocycles. The molecule has 6 heterocycles. The van der Waals surface area contributed by atoms with Crippen molar-refractivity contribution in [2.75, 3.05) is 14.7 Å². The highest BCUT2D eigenvalue weighted by Gasteiger charge is 2.50. The van der Waals surface area contributed by atoms with Gasteiger partial charge in [0, 0.05) is 35.3 Å². The van der Waals surface area contributed by atoms with E-state index in [1.54, 1.807) is 0 Å². The summed E-state index contributed by atoms with van der Waals surface area (Å²) >= 11 is 0. The molecule has 3 aliphatic rings. The molecular weight excluding hydrogens is 667 g/mol. The Balaban J connectivity index is 1.38. The Morgan fingerprint density at radius 2 is 0.574 bits per heavy atom. The first-order chi connectivity index (χ1) is 25.0. The highest BCUT2D eigenvalue weighted by molar-refractivity contribution is 6.02. The minimum atomic E-state index is -0.249. The number of anilines is 3. The van der Waals surface area contributed by atoms with Gasteiger partial charge >= 0.3 is 0 Å². The zero-order valence-electron chi connectivity index (χ0n) is 35.0. The van der Waals surface area contributed by atoms with Gasteiger partial charge in [0.25, 0.3) is 0 Å². The highest BCUT2D eigenvalue weighted by Crippen LogP contribution is 2.45. The van der Waals surface area contributed by atoms with Crippen LogP contribution in [0.4, 0.5) is 17.1 Å². The van der Waals surface area contributed by atoms with Crippen molar-refractivity contribution in [1.29, 1.82) is 0 Å². The summed E-state index contributed by atoms with van der Waals surface area (Å²) in [6.07, 6.45) is 11.7. The lowest BCUT2D eigenvalue weighted by molar-refractivity contribution is 0.338. The fourth-order valence-corrected chi connectivity index (χ4v) is 8.59. The van der Waals surface area contributed by atoms with Gasteiger partial charge in [-0.3, -0.25) is 29.9 Å². The van der Waals surface area contributed by atoms with Crippen molar-refractivity contribution in [2.24, 2.45) is 15.0 Å². The molecule has 0 saturated heterocycles. The monoisotopic (exact) mass is 723 g/mol. The van der Waals surface area contributed by atoms with E-state index in [0.29, 0.717) is 0 Å². The molecule has 0 saturated carbocycles. The van der Waals surface area contributed by atoms with Crippen LogP contribution in [0.3, 0.4) is 0 Å². The minimum Gasteiger partial charge on any atom is -0.321 e. The molecule has 0 spiro atoms. The second-order valence-corrected chi connectivity index (χ2v) is 18.4. The van der Waals surface area contributed by atoms with Crippen molar-refractivity contribution in [1.82, 2.24) is 15.0 Å². The third kappa shape index (κ3) is 5.64. The molecule has 3 aromatic heterocycles. The van der Waals surface area contributed by atoms with Crippen LogP contribution in [0.25, 0.3) is 33.4 Å². The molecule has 7 rings (SSSR count). The van der Waals surface area contributed by atoms with Crippen molar-refractivity contribution in [3.63, 3.8) is 0 Å². The van der Waals surface area contributed by atoms with Gasteiger partial charge in [0.05, 0.1) is 68.9 Å². The van der Waals surface area contributed by atoms with Gasteiger partial charge in [0.2, 0.25) is 0 Å². The van der Waals surface area contributed by atoms with Gasteiger partial charge in [0.15, 0.2) is 0 Å². The van der Waals surface area contributed by atoms with Crippen LogP contribution in [0, 0.1) is 0 Å². The second kappa shape index (κ2) is 12.0. The Morgan fingerprint density at radius 1 is 0.333 bits per heavy atom. The van der Waals surface area contributed by atoms with Gasteiger partial charge in [-0.05, 0) is 157 Å². The van der Waals surface area contributed by atoms with Crippen LogP contribution in [0.15, 0.2) is 88.6 Å². The van der Waals surface area contributed by atoms with Gasteiger partial charge in [-0.2, -0.15) is 0 Å². The number of hydrogen-bond acceptors (Lipinski definition) is 9. The topological polar surface area (TPSA) is 85.5 Å². The van der Waals surface area contributed by atoms with E-state index in [0.717, 1.165) is 67.9 Å². The summed E-state index contributed by atoms with van der Waals surface area (Å²) in [7, 11) is 0. The van der Waals surface area contributed by atoms with Crippen LogP contribution in [-0.2, 0) is 0 Å². The quantitative estimate of drug-likeness (QED) is 0.197. The van der Waals surface area contributed by atoms with Crippen LogP contribution >= 0.6 is 0 Å². The fraction of sp³-hybridized carbons (Fsp3) is 0.467. The highest BCUT2D eigenvalue weighted by atomic mass is 15.4. The van der Waals surface area contributed by atoms with E-state index in [1.165, 1.54) is 0 Å². The second-order valence-electron chi connectivity index (χ2n) is 18.4.